The molecular weight excluding hydrogens is 689 g/mol. The lowest BCUT2D eigenvalue weighted by Gasteiger charge is -2.19. The monoisotopic (exact) mass is 766 g/mol. The van der Waals surface area contributed by atoms with Gasteiger partial charge in [0.15, 0.2) is 6.10 Å². The zero-order valence-electron chi connectivity index (χ0n) is 33.5. The number of carbonyl (C=O) groups excluding carboxylic acids is 2. The molecule has 0 heterocycles. The molecule has 0 saturated carbocycles. The minimum atomic E-state index is -4.40. The van der Waals surface area contributed by atoms with E-state index in [-0.39, 0.29) is 26.2 Å². The fraction of sp³-hybridized carbons (Fsp3) is 0.721. The summed E-state index contributed by atoms with van der Waals surface area (Å²) in [6.07, 6.45) is 45.9. The fourth-order valence-electron chi connectivity index (χ4n) is 5.38. The Bertz CT molecular complexity index is 1050. The summed E-state index contributed by atoms with van der Waals surface area (Å²) in [5.41, 5.74) is 5.33. The van der Waals surface area contributed by atoms with Crippen molar-refractivity contribution < 1.29 is 37.6 Å². The zero-order chi connectivity index (χ0) is 38.9. The molecule has 10 heteroatoms. The number of nitrogens with two attached hydrogens (primary N) is 1. The van der Waals surface area contributed by atoms with Gasteiger partial charge in [-0.3, -0.25) is 13.8 Å². The molecule has 1 unspecified atom stereocenters. The molecule has 0 aromatic carbocycles. The van der Waals surface area contributed by atoms with Crippen LogP contribution in [-0.4, -0.2) is 49.3 Å². The minimum Gasteiger partial charge on any atom is -0.458 e. The molecule has 0 bridgehead atoms. The average molecular weight is 766 g/mol. The molecule has 53 heavy (non-hydrogen) atoms. The summed E-state index contributed by atoms with van der Waals surface area (Å²) < 4.78 is 32.5. The number of hydrogen-bond acceptors (Lipinski definition) is 8. The number of esters is 2. The van der Waals surface area contributed by atoms with E-state index in [9.17, 15) is 19.0 Å². The van der Waals surface area contributed by atoms with Crippen molar-refractivity contribution in [1.82, 2.24) is 0 Å². The van der Waals surface area contributed by atoms with E-state index in [0.29, 0.717) is 6.42 Å². The first kappa shape index (κ1) is 50.7. The molecule has 306 valence electrons. The van der Waals surface area contributed by atoms with Crippen LogP contribution in [0.25, 0.3) is 0 Å². The number of phosphoric ester groups is 1. The Morgan fingerprint density at radius 2 is 1.11 bits per heavy atom. The van der Waals surface area contributed by atoms with Gasteiger partial charge in [0.25, 0.3) is 0 Å². The molecule has 2 atom stereocenters. The lowest BCUT2D eigenvalue weighted by atomic mass is 10.1. The maximum atomic E-state index is 12.5. The molecule has 3 N–H and O–H groups in total. The van der Waals surface area contributed by atoms with Crippen molar-refractivity contribution in [3.63, 3.8) is 0 Å². The highest BCUT2D eigenvalue weighted by Gasteiger charge is 2.25. The van der Waals surface area contributed by atoms with E-state index in [1.54, 1.807) is 6.08 Å². The van der Waals surface area contributed by atoms with E-state index >= 15 is 0 Å². The standard InChI is InChI=1S/C43H76NO8P/c1-3-5-7-9-11-13-15-17-19-20-22-24-26-28-30-32-34-36-43(46)52-41(40-51-53(47,48)50-38-37-44)39-49-42(45)35-33-31-29-27-25-23-21-18-16-14-12-10-8-6-4-2/h11,13,17,19,22,24,29,31,33,35,41H,3-10,12,14-16,18,20-21,23,25-28,30,32,34,36-40,44H2,1-2H3,(H,47,48)/b13-11+,19-17+,24-22+,31-29+,35-33+/t41-/m1/s1. The molecule has 0 aliphatic heterocycles. The van der Waals surface area contributed by atoms with Gasteiger partial charge in [-0.1, -0.05) is 158 Å². The van der Waals surface area contributed by atoms with E-state index < -0.39 is 32.5 Å². The van der Waals surface area contributed by atoms with Crippen LogP contribution in [0.3, 0.4) is 0 Å². The van der Waals surface area contributed by atoms with Crippen LogP contribution < -0.4 is 5.73 Å². The molecule has 0 aromatic rings. The Morgan fingerprint density at radius 1 is 0.623 bits per heavy atom. The number of phosphoric acid groups is 1. The third kappa shape index (κ3) is 39.2. The average Bonchev–Trinajstić information content (AvgIpc) is 3.14. The van der Waals surface area contributed by atoms with Gasteiger partial charge in [0.2, 0.25) is 0 Å². The molecule has 9 nitrogen and oxygen atoms in total. The third-order valence-corrected chi connectivity index (χ3v) is 9.46. The summed E-state index contributed by atoms with van der Waals surface area (Å²) in [6, 6.07) is 0. The number of unbranched alkanes of at least 4 members (excludes halogenated alkanes) is 18. The summed E-state index contributed by atoms with van der Waals surface area (Å²) >= 11 is 0. The number of ether oxygens (including phenoxy) is 2. The van der Waals surface area contributed by atoms with Gasteiger partial charge in [0.05, 0.1) is 13.2 Å². The zero-order valence-corrected chi connectivity index (χ0v) is 34.4. The van der Waals surface area contributed by atoms with Gasteiger partial charge in [-0.2, -0.15) is 0 Å². The summed E-state index contributed by atoms with van der Waals surface area (Å²) in [6.45, 7) is 3.53. The van der Waals surface area contributed by atoms with Gasteiger partial charge in [0, 0.05) is 19.0 Å². The maximum absolute atomic E-state index is 12.5. The Balaban J connectivity index is 4.33. The lowest BCUT2D eigenvalue weighted by Crippen LogP contribution is -2.29. The van der Waals surface area contributed by atoms with Crippen LogP contribution >= 0.6 is 7.82 Å². The predicted molar refractivity (Wildman–Crippen MR) is 219 cm³/mol. The Labute approximate surface area is 323 Å². The predicted octanol–water partition coefficient (Wildman–Crippen LogP) is 11.7. The van der Waals surface area contributed by atoms with Crippen molar-refractivity contribution in [2.75, 3.05) is 26.4 Å². The number of carbonyl (C=O) groups is 2. The van der Waals surface area contributed by atoms with Crippen LogP contribution in [0.2, 0.25) is 0 Å². The van der Waals surface area contributed by atoms with E-state index in [0.717, 1.165) is 51.4 Å². The lowest BCUT2D eigenvalue weighted by molar-refractivity contribution is -0.159. The molecule has 0 spiro atoms. The first-order chi connectivity index (χ1) is 25.8. The summed E-state index contributed by atoms with van der Waals surface area (Å²) in [5.74, 6) is -1.11. The van der Waals surface area contributed by atoms with Crippen LogP contribution in [0.1, 0.15) is 168 Å². The van der Waals surface area contributed by atoms with Crippen molar-refractivity contribution >= 4 is 19.8 Å². The third-order valence-electron chi connectivity index (χ3n) is 8.48. The van der Waals surface area contributed by atoms with Crippen LogP contribution in [0.4, 0.5) is 0 Å². The van der Waals surface area contributed by atoms with Gasteiger partial charge < -0.3 is 20.1 Å². The molecule has 0 fully saturated rings. The molecular formula is C43H76NO8P. The molecule has 0 aromatic heterocycles. The summed E-state index contributed by atoms with van der Waals surface area (Å²) in [5, 5.41) is 0. The molecule has 0 aliphatic carbocycles. The number of allylic oxidation sites excluding steroid dienone is 9. The van der Waals surface area contributed by atoms with E-state index in [1.165, 1.54) is 96.0 Å². The Morgan fingerprint density at radius 3 is 1.70 bits per heavy atom. The highest BCUT2D eigenvalue weighted by atomic mass is 31.2. The molecule has 0 aliphatic rings. The van der Waals surface area contributed by atoms with Gasteiger partial charge >= 0.3 is 19.8 Å². The van der Waals surface area contributed by atoms with Gasteiger partial charge in [-0.15, -0.1) is 0 Å². The molecule has 0 radical (unpaired) electrons. The largest absolute Gasteiger partial charge is 0.472 e. The summed E-state index contributed by atoms with van der Waals surface area (Å²) in [7, 11) is -4.40. The first-order valence-electron chi connectivity index (χ1n) is 20.8. The number of rotatable bonds is 38. The molecule has 0 amide bonds. The van der Waals surface area contributed by atoms with Gasteiger partial charge in [-0.05, 0) is 57.8 Å². The van der Waals surface area contributed by atoms with E-state index in [4.69, 9.17) is 24.3 Å². The van der Waals surface area contributed by atoms with Crippen molar-refractivity contribution in [3.8, 4) is 0 Å². The van der Waals surface area contributed by atoms with E-state index in [2.05, 4.69) is 50.3 Å². The van der Waals surface area contributed by atoms with Gasteiger partial charge in [-0.25, -0.2) is 9.36 Å². The maximum Gasteiger partial charge on any atom is 0.472 e. The fourth-order valence-corrected chi connectivity index (χ4v) is 6.14. The highest BCUT2D eigenvalue weighted by molar-refractivity contribution is 7.47. The van der Waals surface area contributed by atoms with Crippen LogP contribution in [0, 0.1) is 0 Å². The van der Waals surface area contributed by atoms with Crippen molar-refractivity contribution in [2.45, 2.75) is 174 Å². The van der Waals surface area contributed by atoms with Crippen molar-refractivity contribution in [2.24, 2.45) is 5.73 Å². The Hall–Kier alpha value is -2.29. The Kier molecular flexibility index (Phi) is 37.7. The molecule has 0 saturated heterocycles. The van der Waals surface area contributed by atoms with Crippen LogP contribution in [-0.2, 0) is 32.7 Å². The van der Waals surface area contributed by atoms with Crippen molar-refractivity contribution in [3.05, 3.63) is 60.8 Å². The second-order valence-electron chi connectivity index (χ2n) is 13.6. The van der Waals surface area contributed by atoms with Gasteiger partial charge in [0.1, 0.15) is 6.61 Å². The second kappa shape index (κ2) is 39.4. The van der Waals surface area contributed by atoms with Crippen molar-refractivity contribution in [1.29, 1.82) is 0 Å². The van der Waals surface area contributed by atoms with E-state index in [1.807, 2.05) is 12.2 Å². The topological polar surface area (TPSA) is 134 Å². The highest BCUT2D eigenvalue weighted by Crippen LogP contribution is 2.43. The smallest absolute Gasteiger partial charge is 0.458 e. The van der Waals surface area contributed by atoms with Crippen LogP contribution in [0.15, 0.2) is 60.8 Å². The second-order valence-corrected chi connectivity index (χ2v) is 15.0. The normalized spacial score (nSPS) is 14.0. The number of hydrogen-bond donors (Lipinski definition) is 2. The first-order valence-corrected chi connectivity index (χ1v) is 22.3. The molecule has 0 rings (SSSR count). The summed E-state index contributed by atoms with van der Waals surface area (Å²) in [4.78, 5) is 34.7. The van der Waals surface area contributed by atoms with Crippen LogP contribution in [0.5, 0.6) is 0 Å². The minimum absolute atomic E-state index is 0.0367. The SMILES string of the molecule is CCCCC/C=C/C/C=C/C/C=C/CCCCCCC(=O)O[C@H](COC(=O)/C=C/C=C/CCCCCCCCCCCCC)COP(=O)(O)OCCN. The quantitative estimate of drug-likeness (QED) is 0.0157.